The van der Waals surface area contributed by atoms with Gasteiger partial charge in [-0.2, -0.15) is 0 Å². The van der Waals surface area contributed by atoms with Gasteiger partial charge >= 0.3 is 0 Å². The van der Waals surface area contributed by atoms with Crippen LogP contribution in [0, 0.1) is 10.1 Å². The number of non-ortho nitro benzene ring substituents is 1. The molecule has 7 heteroatoms. The van der Waals surface area contributed by atoms with Crippen molar-refractivity contribution in [1.29, 1.82) is 0 Å². The molecular formula is C10H6BrN3O3. The van der Waals surface area contributed by atoms with Gasteiger partial charge in [0, 0.05) is 18.3 Å². The van der Waals surface area contributed by atoms with E-state index >= 15 is 0 Å². The summed E-state index contributed by atoms with van der Waals surface area (Å²) in [6, 6.07) is 5.74. The van der Waals surface area contributed by atoms with Crippen molar-refractivity contribution in [3.63, 3.8) is 0 Å². The highest BCUT2D eigenvalue weighted by molar-refractivity contribution is 9.10. The number of halogens is 1. The molecule has 0 aliphatic heterocycles. The van der Waals surface area contributed by atoms with Gasteiger partial charge in [0.15, 0.2) is 0 Å². The number of benzene rings is 1. The van der Waals surface area contributed by atoms with Crippen LogP contribution in [-0.4, -0.2) is 14.9 Å². The third kappa shape index (κ3) is 2.76. The van der Waals surface area contributed by atoms with Crippen molar-refractivity contribution < 1.29 is 9.66 Å². The SMILES string of the molecule is O=[N+]([O-])c1ccc(Oc2ncncc2Br)cc1. The van der Waals surface area contributed by atoms with Gasteiger partial charge in [-0.25, -0.2) is 9.97 Å². The molecule has 0 aliphatic rings. The van der Waals surface area contributed by atoms with Crippen LogP contribution in [0.2, 0.25) is 0 Å². The van der Waals surface area contributed by atoms with Crippen molar-refractivity contribution in [2.75, 3.05) is 0 Å². The van der Waals surface area contributed by atoms with E-state index < -0.39 is 4.92 Å². The Morgan fingerprint density at radius 2 is 2.00 bits per heavy atom. The van der Waals surface area contributed by atoms with Gasteiger partial charge in [-0.05, 0) is 28.1 Å². The van der Waals surface area contributed by atoms with Gasteiger partial charge in [-0.3, -0.25) is 10.1 Å². The Kier molecular flexibility index (Phi) is 3.29. The Morgan fingerprint density at radius 1 is 1.29 bits per heavy atom. The van der Waals surface area contributed by atoms with Crippen LogP contribution in [0.4, 0.5) is 5.69 Å². The lowest BCUT2D eigenvalue weighted by molar-refractivity contribution is -0.384. The summed E-state index contributed by atoms with van der Waals surface area (Å²) in [5.74, 6) is 0.823. The molecule has 0 unspecified atom stereocenters. The van der Waals surface area contributed by atoms with E-state index in [-0.39, 0.29) is 5.69 Å². The summed E-state index contributed by atoms with van der Waals surface area (Å²) in [5.41, 5.74) is 0.0131. The van der Waals surface area contributed by atoms with Gasteiger partial charge in [0.1, 0.15) is 12.1 Å². The van der Waals surface area contributed by atoms with E-state index in [2.05, 4.69) is 25.9 Å². The lowest BCUT2D eigenvalue weighted by atomic mass is 10.3. The fourth-order valence-corrected chi connectivity index (χ4v) is 1.43. The number of hydrogen-bond acceptors (Lipinski definition) is 5. The van der Waals surface area contributed by atoms with E-state index in [0.29, 0.717) is 16.1 Å². The van der Waals surface area contributed by atoms with E-state index in [9.17, 15) is 10.1 Å². The number of ether oxygens (including phenoxy) is 1. The molecule has 1 heterocycles. The Balaban J connectivity index is 2.20. The molecule has 0 saturated carbocycles. The quantitative estimate of drug-likeness (QED) is 0.642. The lowest BCUT2D eigenvalue weighted by Gasteiger charge is -2.04. The molecule has 17 heavy (non-hydrogen) atoms. The Hall–Kier alpha value is -2.02. The van der Waals surface area contributed by atoms with Crippen LogP contribution in [0.1, 0.15) is 0 Å². The van der Waals surface area contributed by atoms with E-state index in [1.165, 1.54) is 30.6 Å². The highest BCUT2D eigenvalue weighted by atomic mass is 79.9. The maximum absolute atomic E-state index is 10.5. The summed E-state index contributed by atoms with van der Waals surface area (Å²) in [5, 5.41) is 10.5. The molecular weight excluding hydrogens is 290 g/mol. The first kappa shape index (κ1) is 11.5. The van der Waals surface area contributed by atoms with Crippen molar-refractivity contribution in [2.24, 2.45) is 0 Å². The van der Waals surface area contributed by atoms with E-state index in [1.54, 1.807) is 6.20 Å². The first-order valence-corrected chi connectivity index (χ1v) is 5.34. The van der Waals surface area contributed by atoms with E-state index in [0.717, 1.165) is 0 Å². The highest BCUT2D eigenvalue weighted by Crippen LogP contribution is 2.27. The molecule has 0 atom stereocenters. The van der Waals surface area contributed by atoms with Crippen molar-refractivity contribution in [3.8, 4) is 11.6 Å². The molecule has 2 rings (SSSR count). The van der Waals surface area contributed by atoms with Crippen LogP contribution in [-0.2, 0) is 0 Å². The standard InChI is InChI=1S/C10H6BrN3O3/c11-9-5-12-6-13-10(9)17-8-3-1-7(2-4-8)14(15)16/h1-6H. The highest BCUT2D eigenvalue weighted by Gasteiger charge is 2.07. The summed E-state index contributed by atoms with van der Waals surface area (Å²) in [6.45, 7) is 0. The Bertz CT molecular complexity index is 545. The van der Waals surface area contributed by atoms with Gasteiger partial charge in [0.05, 0.1) is 9.40 Å². The third-order valence-electron chi connectivity index (χ3n) is 1.90. The number of rotatable bonds is 3. The van der Waals surface area contributed by atoms with E-state index in [4.69, 9.17) is 4.74 Å². The number of nitro benzene ring substituents is 1. The predicted molar refractivity (Wildman–Crippen MR) is 62.9 cm³/mol. The maximum atomic E-state index is 10.5. The van der Waals surface area contributed by atoms with Crippen molar-refractivity contribution >= 4 is 21.6 Å². The molecule has 0 bridgehead atoms. The summed E-state index contributed by atoms with van der Waals surface area (Å²) < 4.78 is 6.03. The van der Waals surface area contributed by atoms with Crippen molar-refractivity contribution in [3.05, 3.63) is 51.4 Å². The van der Waals surface area contributed by atoms with Crippen LogP contribution in [0.3, 0.4) is 0 Å². The van der Waals surface area contributed by atoms with Gasteiger partial charge < -0.3 is 4.74 Å². The Labute approximate surface area is 105 Å². The minimum absolute atomic E-state index is 0.0131. The number of nitro groups is 1. The molecule has 0 spiro atoms. The normalized spacial score (nSPS) is 9.94. The number of aromatic nitrogens is 2. The molecule has 86 valence electrons. The first-order valence-electron chi connectivity index (χ1n) is 4.54. The molecule has 1 aromatic carbocycles. The van der Waals surface area contributed by atoms with Crippen molar-refractivity contribution in [1.82, 2.24) is 9.97 Å². The minimum atomic E-state index is -0.468. The van der Waals surface area contributed by atoms with Gasteiger partial charge in [-0.1, -0.05) is 0 Å². The van der Waals surface area contributed by atoms with Gasteiger partial charge in [0.2, 0.25) is 5.88 Å². The number of nitrogens with zero attached hydrogens (tertiary/aromatic N) is 3. The summed E-state index contributed by atoms with van der Waals surface area (Å²) in [6.07, 6.45) is 2.90. The average molecular weight is 296 g/mol. The Morgan fingerprint density at radius 3 is 2.59 bits per heavy atom. The van der Waals surface area contributed by atoms with E-state index in [1.807, 2.05) is 0 Å². The molecule has 0 N–H and O–H groups in total. The zero-order valence-corrected chi connectivity index (χ0v) is 9.99. The molecule has 0 fully saturated rings. The van der Waals surface area contributed by atoms with Crippen molar-refractivity contribution in [2.45, 2.75) is 0 Å². The summed E-state index contributed by atoms with van der Waals surface area (Å²) in [4.78, 5) is 17.7. The zero-order chi connectivity index (χ0) is 12.3. The second-order valence-electron chi connectivity index (χ2n) is 3.03. The second kappa shape index (κ2) is 4.88. The van der Waals surface area contributed by atoms with Gasteiger partial charge in [0.25, 0.3) is 5.69 Å². The van der Waals surface area contributed by atoms with Crippen LogP contribution >= 0.6 is 15.9 Å². The largest absolute Gasteiger partial charge is 0.438 e. The monoisotopic (exact) mass is 295 g/mol. The predicted octanol–water partition coefficient (Wildman–Crippen LogP) is 2.94. The van der Waals surface area contributed by atoms with Crippen LogP contribution < -0.4 is 4.74 Å². The third-order valence-corrected chi connectivity index (χ3v) is 2.44. The lowest BCUT2D eigenvalue weighted by Crippen LogP contribution is -1.91. The summed E-state index contributed by atoms with van der Waals surface area (Å²) >= 11 is 3.23. The molecule has 2 aromatic rings. The second-order valence-corrected chi connectivity index (χ2v) is 3.88. The summed E-state index contributed by atoms with van der Waals surface area (Å²) in [7, 11) is 0. The molecule has 0 radical (unpaired) electrons. The fourth-order valence-electron chi connectivity index (χ4n) is 1.12. The van der Waals surface area contributed by atoms with Gasteiger partial charge in [-0.15, -0.1) is 0 Å². The molecule has 6 nitrogen and oxygen atoms in total. The number of hydrogen-bond donors (Lipinski definition) is 0. The molecule has 0 saturated heterocycles. The molecule has 0 aliphatic carbocycles. The maximum Gasteiger partial charge on any atom is 0.269 e. The first-order chi connectivity index (χ1) is 8.16. The van der Waals surface area contributed by atoms with Crippen LogP contribution in [0.25, 0.3) is 0 Å². The topological polar surface area (TPSA) is 78.2 Å². The fraction of sp³-hybridized carbons (Fsp3) is 0. The van der Waals surface area contributed by atoms with Crippen LogP contribution in [0.15, 0.2) is 41.3 Å². The van der Waals surface area contributed by atoms with Crippen LogP contribution in [0.5, 0.6) is 11.6 Å². The average Bonchev–Trinajstić information content (AvgIpc) is 2.33. The molecule has 0 amide bonds. The zero-order valence-electron chi connectivity index (χ0n) is 8.41. The minimum Gasteiger partial charge on any atom is -0.438 e. The smallest absolute Gasteiger partial charge is 0.269 e. The molecule has 1 aromatic heterocycles.